The summed E-state index contributed by atoms with van der Waals surface area (Å²) in [6.07, 6.45) is 3.61. The number of benzene rings is 1. The highest BCUT2D eigenvalue weighted by atomic mass is 32.1. The zero-order valence-electron chi connectivity index (χ0n) is 11.8. The number of hydrogen-bond acceptors (Lipinski definition) is 3. The molecule has 0 aliphatic heterocycles. The average Bonchev–Trinajstić information content (AvgIpc) is 2.81. The average molecular weight is 272 g/mol. The Kier molecular flexibility index (Phi) is 3.42. The topological polar surface area (TPSA) is 24.9 Å². The van der Waals surface area contributed by atoms with E-state index < -0.39 is 0 Å². The van der Waals surface area contributed by atoms with Crippen LogP contribution in [0.5, 0.6) is 0 Å². The minimum atomic E-state index is 0.499. The van der Waals surface area contributed by atoms with Gasteiger partial charge in [-0.2, -0.15) is 0 Å². The van der Waals surface area contributed by atoms with Gasteiger partial charge in [0.05, 0.1) is 5.69 Å². The fourth-order valence-electron chi connectivity index (χ4n) is 2.95. The van der Waals surface area contributed by atoms with E-state index in [1.165, 1.54) is 45.1 Å². The van der Waals surface area contributed by atoms with Crippen molar-refractivity contribution in [1.82, 2.24) is 10.3 Å². The molecular formula is C16H20N2S. The molecule has 1 N–H and O–H groups in total. The third-order valence-corrected chi connectivity index (χ3v) is 5.22. The summed E-state index contributed by atoms with van der Waals surface area (Å²) in [6, 6.07) is 6.98. The van der Waals surface area contributed by atoms with Crippen molar-refractivity contribution in [3.8, 4) is 10.6 Å². The monoisotopic (exact) mass is 272 g/mol. The molecule has 0 saturated heterocycles. The van der Waals surface area contributed by atoms with Crippen molar-refractivity contribution in [2.24, 2.45) is 0 Å². The Morgan fingerprint density at radius 3 is 2.68 bits per heavy atom. The predicted octanol–water partition coefficient (Wildman–Crippen LogP) is 4.02. The van der Waals surface area contributed by atoms with Gasteiger partial charge in [-0.1, -0.05) is 18.2 Å². The number of fused-ring (bicyclic) bond motifs is 1. The quantitative estimate of drug-likeness (QED) is 0.893. The van der Waals surface area contributed by atoms with Gasteiger partial charge in [-0.05, 0) is 51.3 Å². The van der Waals surface area contributed by atoms with Crippen LogP contribution in [0, 0.1) is 13.8 Å². The lowest BCUT2D eigenvalue weighted by Crippen LogP contribution is -2.19. The molecule has 3 rings (SSSR count). The Labute approximate surface area is 118 Å². The molecule has 2 nitrogen and oxygen atoms in total. The van der Waals surface area contributed by atoms with Crippen molar-refractivity contribution < 1.29 is 0 Å². The highest BCUT2D eigenvalue weighted by molar-refractivity contribution is 7.15. The second-order valence-electron chi connectivity index (χ2n) is 5.33. The van der Waals surface area contributed by atoms with Gasteiger partial charge in [-0.25, -0.2) is 4.98 Å². The Bertz CT molecular complexity index is 581. The molecule has 1 atom stereocenters. The summed E-state index contributed by atoms with van der Waals surface area (Å²) in [6.45, 7) is 4.36. The summed E-state index contributed by atoms with van der Waals surface area (Å²) in [5.74, 6) is 0. The first-order valence-electron chi connectivity index (χ1n) is 6.94. The predicted molar refractivity (Wildman–Crippen MR) is 81.8 cm³/mol. The Morgan fingerprint density at radius 1 is 1.26 bits per heavy atom. The van der Waals surface area contributed by atoms with Crippen LogP contribution < -0.4 is 5.32 Å². The normalized spacial score (nSPS) is 18.4. The van der Waals surface area contributed by atoms with Gasteiger partial charge in [0.25, 0.3) is 0 Å². The van der Waals surface area contributed by atoms with E-state index in [2.05, 4.69) is 44.4 Å². The minimum Gasteiger partial charge on any atom is -0.312 e. The molecule has 2 aromatic rings. The van der Waals surface area contributed by atoms with Gasteiger partial charge < -0.3 is 5.32 Å². The number of aryl methyl sites for hydroxylation is 3. The fraction of sp³-hybridized carbons (Fsp3) is 0.438. The van der Waals surface area contributed by atoms with E-state index in [1.54, 1.807) is 0 Å². The second-order valence-corrected chi connectivity index (χ2v) is 6.36. The van der Waals surface area contributed by atoms with Gasteiger partial charge in [-0.15, -0.1) is 11.3 Å². The summed E-state index contributed by atoms with van der Waals surface area (Å²) in [5.41, 5.74) is 5.30. The number of thiazole rings is 1. The summed E-state index contributed by atoms with van der Waals surface area (Å²) < 4.78 is 0. The smallest absolute Gasteiger partial charge is 0.124 e. The number of nitrogens with zero attached hydrogens (tertiary/aromatic N) is 1. The van der Waals surface area contributed by atoms with Crippen molar-refractivity contribution in [2.45, 2.75) is 39.2 Å². The third kappa shape index (κ3) is 2.21. The summed E-state index contributed by atoms with van der Waals surface area (Å²) >= 11 is 1.88. The summed E-state index contributed by atoms with van der Waals surface area (Å²) in [4.78, 5) is 6.37. The molecule has 3 heteroatoms. The van der Waals surface area contributed by atoms with E-state index in [0.29, 0.717) is 6.04 Å². The van der Waals surface area contributed by atoms with E-state index in [9.17, 15) is 0 Å². The van der Waals surface area contributed by atoms with Crippen LogP contribution in [-0.2, 0) is 6.42 Å². The lowest BCUT2D eigenvalue weighted by atomic mass is 9.98. The van der Waals surface area contributed by atoms with Gasteiger partial charge in [0.2, 0.25) is 0 Å². The maximum absolute atomic E-state index is 4.92. The second kappa shape index (κ2) is 5.06. The van der Waals surface area contributed by atoms with Crippen molar-refractivity contribution in [3.05, 3.63) is 39.9 Å². The third-order valence-electron chi connectivity index (χ3n) is 3.99. The molecule has 0 fully saturated rings. The summed E-state index contributed by atoms with van der Waals surface area (Å²) in [7, 11) is 2.05. The van der Waals surface area contributed by atoms with Crippen LogP contribution in [0.1, 0.15) is 40.6 Å². The van der Waals surface area contributed by atoms with E-state index in [0.717, 1.165) is 6.42 Å². The largest absolute Gasteiger partial charge is 0.312 e. The van der Waals surface area contributed by atoms with Crippen LogP contribution in [0.4, 0.5) is 0 Å². The van der Waals surface area contributed by atoms with E-state index >= 15 is 0 Å². The number of nitrogens with one attached hydrogen (secondary N) is 1. The van der Waals surface area contributed by atoms with Crippen LogP contribution in [0.25, 0.3) is 10.6 Å². The molecule has 1 aromatic carbocycles. The van der Waals surface area contributed by atoms with Crippen molar-refractivity contribution in [1.29, 1.82) is 0 Å². The maximum Gasteiger partial charge on any atom is 0.124 e. The standard InChI is InChI=1S/C16H20N2S/c1-10-6-4-7-11(2)14(10)16-18-13-9-5-8-12(17-3)15(13)19-16/h4,6-7,12,17H,5,8-9H2,1-3H3. The van der Waals surface area contributed by atoms with Gasteiger partial charge >= 0.3 is 0 Å². The van der Waals surface area contributed by atoms with Crippen LogP contribution >= 0.6 is 11.3 Å². The molecule has 0 saturated carbocycles. The summed E-state index contributed by atoms with van der Waals surface area (Å²) in [5, 5.41) is 4.62. The molecule has 100 valence electrons. The van der Waals surface area contributed by atoms with Gasteiger partial charge in [0.15, 0.2) is 0 Å². The first-order chi connectivity index (χ1) is 9.20. The molecule has 0 radical (unpaired) electrons. The molecule has 0 bridgehead atoms. The van der Waals surface area contributed by atoms with Crippen molar-refractivity contribution >= 4 is 11.3 Å². The molecular weight excluding hydrogens is 252 g/mol. The maximum atomic E-state index is 4.92. The van der Waals surface area contributed by atoms with Crippen molar-refractivity contribution in [2.75, 3.05) is 7.05 Å². The Balaban J connectivity index is 2.10. The minimum absolute atomic E-state index is 0.499. The van der Waals surface area contributed by atoms with E-state index in [4.69, 9.17) is 4.98 Å². The van der Waals surface area contributed by atoms with Crippen LogP contribution in [0.2, 0.25) is 0 Å². The van der Waals surface area contributed by atoms with E-state index in [1.807, 2.05) is 11.3 Å². The Morgan fingerprint density at radius 2 is 2.00 bits per heavy atom. The first kappa shape index (κ1) is 12.8. The van der Waals surface area contributed by atoms with Gasteiger partial charge in [-0.3, -0.25) is 0 Å². The molecule has 1 heterocycles. The van der Waals surface area contributed by atoms with Crippen molar-refractivity contribution in [3.63, 3.8) is 0 Å². The molecule has 1 aliphatic carbocycles. The van der Waals surface area contributed by atoms with Crippen LogP contribution in [-0.4, -0.2) is 12.0 Å². The number of aromatic nitrogens is 1. The SMILES string of the molecule is CNC1CCCc2nc(-c3c(C)cccc3C)sc21. The Hall–Kier alpha value is -1.19. The lowest BCUT2D eigenvalue weighted by molar-refractivity contribution is 0.501. The molecule has 1 aliphatic rings. The molecule has 0 spiro atoms. The van der Waals surface area contributed by atoms with Crippen LogP contribution in [0.15, 0.2) is 18.2 Å². The molecule has 1 aromatic heterocycles. The number of hydrogen-bond donors (Lipinski definition) is 1. The van der Waals surface area contributed by atoms with Crippen LogP contribution in [0.3, 0.4) is 0 Å². The zero-order valence-corrected chi connectivity index (χ0v) is 12.6. The highest BCUT2D eigenvalue weighted by Crippen LogP contribution is 2.39. The molecule has 1 unspecified atom stereocenters. The first-order valence-corrected chi connectivity index (χ1v) is 7.76. The fourth-order valence-corrected chi connectivity index (χ4v) is 4.39. The van der Waals surface area contributed by atoms with E-state index in [-0.39, 0.29) is 0 Å². The lowest BCUT2D eigenvalue weighted by Gasteiger charge is -2.19. The highest BCUT2D eigenvalue weighted by Gasteiger charge is 2.24. The van der Waals surface area contributed by atoms with Gasteiger partial charge in [0.1, 0.15) is 5.01 Å². The zero-order chi connectivity index (χ0) is 13.4. The molecule has 0 amide bonds. The number of rotatable bonds is 2. The van der Waals surface area contributed by atoms with Gasteiger partial charge in [0, 0.05) is 16.5 Å². The molecule has 19 heavy (non-hydrogen) atoms.